The molecule has 2 unspecified atom stereocenters. The van der Waals surface area contributed by atoms with Gasteiger partial charge >= 0.3 is 6.03 Å². The van der Waals surface area contributed by atoms with Gasteiger partial charge in [-0.15, -0.1) is 0 Å². The summed E-state index contributed by atoms with van der Waals surface area (Å²) in [5, 5.41) is 16.1. The van der Waals surface area contributed by atoms with Gasteiger partial charge in [-0.3, -0.25) is 4.98 Å². The smallest absolute Gasteiger partial charge is 0.333 e. The predicted octanol–water partition coefficient (Wildman–Crippen LogP) is 4.28. The summed E-state index contributed by atoms with van der Waals surface area (Å²) in [6.45, 7) is 1.03. The number of aliphatic hydroxyl groups excluding tert-OH is 1. The molecule has 2 heterocycles. The van der Waals surface area contributed by atoms with Gasteiger partial charge < -0.3 is 20.5 Å². The highest BCUT2D eigenvalue weighted by Gasteiger charge is 2.21. The molecule has 40 heavy (non-hydrogen) atoms. The van der Waals surface area contributed by atoms with E-state index in [2.05, 4.69) is 21.7 Å². The minimum atomic E-state index is -4.03. The Kier molecular flexibility index (Phi) is 8.40. The third kappa shape index (κ3) is 6.84. The molecule has 4 N–H and O–H groups in total. The minimum Gasteiger partial charge on any atom is -0.489 e. The minimum absolute atomic E-state index is 0.00414. The van der Waals surface area contributed by atoms with E-state index in [1.54, 1.807) is 60.9 Å². The summed E-state index contributed by atoms with van der Waals surface area (Å²) in [4.78, 5) is 16.2. The summed E-state index contributed by atoms with van der Waals surface area (Å²) in [7, 11) is -4.03. The van der Waals surface area contributed by atoms with Crippen molar-refractivity contribution in [3.05, 3.63) is 108 Å². The number of hydrogen-bond donors (Lipinski definition) is 4. The van der Waals surface area contributed by atoms with Gasteiger partial charge in [0.15, 0.2) is 0 Å². The third-order valence-corrected chi connectivity index (χ3v) is 7.97. The fourth-order valence-corrected chi connectivity index (χ4v) is 5.43. The zero-order chi connectivity index (χ0) is 28.0. The molecule has 2 atom stereocenters. The van der Waals surface area contributed by atoms with Crippen molar-refractivity contribution in [2.45, 2.75) is 29.9 Å². The molecule has 0 saturated heterocycles. The number of carbonyl (C=O) groups is 1. The Bertz CT molecular complexity index is 1550. The van der Waals surface area contributed by atoms with Crippen molar-refractivity contribution in [1.29, 1.82) is 0 Å². The number of sulfonamides is 1. The van der Waals surface area contributed by atoms with Crippen LogP contribution in [0, 0.1) is 0 Å². The zero-order valence-corrected chi connectivity index (χ0v) is 22.5. The molecule has 4 aromatic rings. The van der Waals surface area contributed by atoms with E-state index in [0.717, 1.165) is 40.8 Å². The van der Waals surface area contributed by atoms with E-state index < -0.39 is 22.2 Å². The normalized spacial score (nSPS) is 15.4. The lowest BCUT2D eigenvalue weighted by atomic mass is 9.97. The first-order valence-corrected chi connectivity index (χ1v) is 14.4. The average molecular weight is 559 g/mol. The fraction of sp³-hybridized carbons (Fsp3) is 0.200. The molecule has 3 aromatic carbocycles. The Labute approximate surface area is 233 Å². The lowest BCUT2D eigenvalue weighted by Gasteiger charge is -2.27. The number of nitrogens with zero attached hydrogens (tertiary/aromatic N) is 1. The van der Waals surface area contributed by atoms with E-state index in [9.17, 15) is 18.3 Å². The van der Waals surface area contributed by atoms with Crippen molar-refractivity contribution in [3.8, 4) is 16.9 Å². The van der Waals surface area contributed by atoms with Crippen LogP contribution in [0.5, 0.6) is 5.75 Å². The molecular weight excluding hydrogens is 528 g/mol. The number of benzene rings is 3. The molecule has 2 amide bonds. The van der Waals surface area contributed by atoms with Gasteiger partial charge in [0.1, 0.15) is 11.9 Å². The van der Waals surface area contributed by atoms with Crippen LogP contribution in [0.2, 0.25) is 0 Å². The maximum Gasteiger partial charge on any atom is 0.333 e. The van der Waals surface area contributed by atoms with E-state index in [0.29, 0.717) is 18.8 Å². The van der Waals surface area contributed by atoms with E-state index in [1.165, 1.54) is 12.1 Å². The molecule has 206 valence electrons. The average Bonchev–Trinajstić information content (AvgIpc) is 2.97. The number of aliphatic hydroxyl groups is 1. The number of aromatic nitrogens is 1. The summed E-state index contributed by atoms with van der Waals surface area (Å²) in [5.41, 5.74) is 4.14. The van der Waals surface area contributed by atoms with Gasteiger partial charge in [-0.25, -0.2) is 17.9 Å². The van der Waals surface area contributed by atoms with Crippen molar-refractivity contribution in [1.82, 2.24) is 15.0 Å². The zero-order valence-electron chi connectivity index (χ0n) is 21.7. The number of carbonyl (C=O) groups excluding carboxylic acids is 1. The fourth-order valence-electron chi connectivity index (χ4n) is 4.53. The van der Waals surface area contributed by atoms with Crippen LogP contribution in [0.1, 0.15) is 23.7 Å². The number of amides is 2. The Morgan fingerprint density at radius 2 is 1.77 bits per heavy atom. The first-order valence-electron chi connectivity index (χ1n) is 12.9. The number of urea groups is 1. The van der Waals surface area contributed by atoms with Crippen LogP contribution in [-0.2, 0) is 16.4 Å². The summed E-state index contributed by atoms with van der Waals surface area (Å²) in [6, 6.07) is 23.7. The van der Waals surface area contributed by atoms with Gasteiger partial charge in [0.2, 0.25) is 0 Å². The van der Waals surface area contributed by atoms with Crippen LogP contribution in [0.3, 0.4) is 0 Å². The van der Waals surface area contributed by atoms with E-state index in [1.807, 2.05) is 22.9 Å². The highest BCUT2D eigenvalue weighted by atomic mass is 32.2. The molecule has 10 heteroatoms. The van der Waals surface area contributed by atoms with Crippen molar-refractivity contribution in [2.75, 3.05) is 18.4 Å². The number of fused-ring (bicyclic) bond motifs is 1. The van der Waals surface area contributed by atoms with Gasteiger partial charge in [0.05, 0.1) is 11.0 Å². The molecule has 0 bridgehead atoms. The topological polar surface area (TPSA) is 130 Å². The van der Waals surface area contributed by atoms with Gasteiger partial charge in [-0.2, -0.15) is 0 Å². The van der Waals surface area contributed by atoms with Crippen LogP contribution in [0.15, 0.2) is 102 Å². The molecule has 0 radical (unpaired) electrons. The Morgan fingerprint density at radius 1 is 1.00 bits per heavy atom. The number of pyridine rings is 1. The first kappa shape index (κ1) is 27.3. The number of rotatable bonds is 9. The largest absolute Gasteiger partial charge is 0.489 e. The molecule has 1 aromatic heterocycles. The first-order chi connectivity index (χ1) is 19.4. The van der Waals surface area contributed by atoms with E-state index in [4.69, 9.17) is 4.74 Å². The monoisotopic (exact) mass is 558 g/mol. The Hall–Kier alpha value is -4.25. The summed E-state index contributed by atoms with van der Waals surface area (Å²) >= 11 is 0. The highest BCUT2D eigenvalue weighted by Crippen LogP contribution is 2.32. The second-order valence-electron chi connectivity index (χ2n) is 9.51. The van der Waals surface area contributed by atoms with Crippen molar-refractivity contribution >= 4 is 21.7 Å². The summed E-state index contributed by atoms with van der Waals surface area (Å²) in [5.74, 6) is 0.822. The highest BCUT2D eigenvalue weighted by molar-refractivity contribution is 7.90. The van der Waals surface area contributed by atoms with Crippen LogP contribution >= 0.6 is 0 Å². The van der Waals surface area contributed by atoms with Crippen LogP contribution in [-0.4, -0.2) is 43.7 Å². The van der Waals surface area contributed by atoms with E-state index >= 15 is 0 Å². The van der Waals surface area contributed by atoms with E-state index in [-0.39, 0.29) is 11.0 Å². The molecule has 0 saturated carbocycles. The van der Waals surface area contributed by atoms with Gasteiger partial charge in [-0.05, 0) is 72.0 Å². The van der Waals surface area contributed by atoms with Gasteiger partial charge in [0.25, 0.3) is 10.0 Å². The van der Waals surface area contributed by atoms with Crippen LogP contribution in [0.4, 0.5) is 10.5 Å². The predicted molar refractivity (Wildman–Crippen MR) is 152 cm³/mol. The maximum absolute atomic E-state index is 12.7. The Balaban J connectivity index is 1.16. The second-order valence-corrected chi connectivity index (χ2v) is 11.2. The molecular formula is C30H30N4O5S. The van der Waals surface area contributed by atoms with Gasteiger partial charge in [0, 0.05) is 36.7 Å². The SMILES string of the molecule is O=C(Nc1ccccc1)NS(=O)(=O)c1ccc(-c2ccc3c(c2)CCC(CNCC(O)c2cccnc2)O3)cc1. The molecule has 9 nitrogen and oxygen atoms in total. The number of aryl methyl sites for hydroxylation is 1. The molecule has 0 spiro atoms. The lowest BCUT2D eigenvalue weighted by molar-refractivity contribution is 0.146. The summed E-state index contributed by atoms with van der Waals surface area (Å²) in [6.07, 6.45) is 4.38. The molecule has 1 aliphatic heterocycles. The summed E-state index contributed by atoms with van der Waals surface area (Å²) < 4.78 is 33.6. The van der Waals surface area contributed by atoms with Crippen molar-refractivity contribution < 1.29 is 23.1 Å². The molecule has 0 aliphatic carbocycles. The second kappa shape index (κ2) is 12.3. The number of anilines is 1. The van der Waals surface area contributed by atoms with Crippen molar-refractivity contribution in [3.63, 3.8) is 0 Å². The van der Waals surface area contributed by atoms with Gasteiger partial charge in [-0.1, -0.05) is 42.5 Å². The van der Waals surface area contributed by atoms with Crippen LogP contribution in [0.25, 0.3) is 11.1 Å². The van der Waals surface area contributed by atoms with Crippen molar-refractivity contribution in [2.24, 2.45) is 0 Å². The standard InChI is InChI=1S/C30H30N4O5S/c35-28(24-5-4-16-31-18-24)20-32-19-26-12-8-23-17-22(11-15-29(23)39-26)21-9-13-27(14-10-21)40(37,38)34-30(36)33-25-6-2-1-3-7-25/h1-7,9-11,13-18,26,28,32,35H,8,12,19-20H2,(H2,33,34,36). The molecule has 5 rings (SSSR count). The lowest BCUT2D eigenvalue weighted by Crippen LogP contribution is -2.36. The quantitative estimate of drug-likeness (QED) is 0.241. The third-order valence-electron chi connectivity index (χ3n) is 6.63. The number of nitrogens with one attached hydrogen (secondary N) is 3. The molecule has 0 fully saturated rings. The molecule has 1 aliphatic rings. The Morgan fingerprint density at radius 3 is 2.52 bits per heavy atom. The number of para-hydroxylation sites is 1. The number of hydrogen-bond acceptors (Lipinski definition) is 7. The maximum atomic E-state index is 12.7. The van der Waals surface area contributed by atoms with Crippen LogP contribution < -0.4 is 20.1 Å². The number of ether oxygens (including phenoxy) is 1.